The van der Waals surface area contributed by atoms with Gasteiger partial charge in [-0.1, -0.05) is 0 Å². The second-order valence-electron chi connectivity index (χ2n) is 5.19. The van der Waals surface area contributed by atoms with Crippen molar-refractivity contribution < 1.29 is 38.0 Å². The number of methoxy groups -OCH3 is 6. The fourth-order valence-electron chi connectivity index (χ4n) is 2.09. The molecule has 0 aliphatic rings. The number of carbonyl (C=O) groups is 2. The van der Waals surface area contributed by atoms with Crippen molar-refractivity contribution in [3.8, 4) is 23.0 Å². The number of hydrogen-bond donors (Lipinski definition) is 0. The highest BCUT2D eigenvalue weighted by Crippen LogP contribution is 2.23. The zero-order valence-corrected chi connectivity index (χ0v) is 16.7. The van der Waals surface area contributed by atoms with Crippen molar-refractivity contribution in [2.24, 2.45) is 0 Å². The lowest BCUT2D eigenvalue weighted by molar-refractivity contribution is 0.0591. The molecule has 0 unspecified atom stereocenters. The van der Waals surface area contributed by atoms with Gasteiger partial charge in [-0.25, -0.2) is 9.59 Å². The molecule has 0 aliphatic heterocycles. The van der Waals surface area contributed by atoms with E-state index in [2.05, 4.69) is 9.47 Å². The summed E-state index contributed by atoms with van der Waals surface area (Å²) in [5, 5.41) is 0. The summed E-state index contributed by atoms with van der Waals surface area (Å²) < 4.78 is 29.2. The largest absolute Gasteiger partial charge is 0.497 e. The molecule has 0 bridgehead atoms. The summed E-state index contributed by atoms with van der Waals surface area (Å²) in [6, 6.07) is 9.74. The molecule has 152 valence electrons. The van der Waals surface area contributed by atoms with Gasteiger partial charge >= 0.3 is 11.9 Å². The van der Waals surface area contributed by atoms with Crippen molar-refractivity contribution in [3.05, 3.63) is 47.5 Å². The van der Waals surface area contributed by atoms with Crippen LogP contribution in [0.25, 0.3) is 0 Å². The first kappa shape index (κ1) is 22.6. The summed E-state index contributed by atoms with van der Waals surface area (Å²) in [4.78, 5) is 22.4. The lowest BCUT2D eigenvalue weighted by Gasteiger charge is -2.06. The Morgan fingerprint density at radius 1 is 0.500 bits per heavy atom. The molecule has 0 aliphatic carbocycles. The molecule has 0 saturated heterocycles. The van der Waals surface area contributed by atoms with Gasteiger partial charge in [0.1, 0.15) is 23.0 Å². The van der Waals surface area contributed by atoms with E-state index in [-0.39, 0.29) is 0 Å². The van der Waals surface area contributed by atoms with Crippen molar-refractivity contribution in [1.29, 1.82) is 0 Å². The van der Waals surface area contributed by atoms with Crippen LogP contribution in [0, 0.1) is 0 Å². The van der Waals surface area contributed by atoms with E-state index in [0.717, 1.165) is 0 Å². The molecule has 0 spiro atoms. The summed E-state index contributed by atoms with van der Waals surface area (Å²) in [5.41, 5.74) is 0.812. The van der Waals surface area contributed by atoms with Gasteiger partial charge in [0.15, 0.2) is 0 Å². The molecule has 0 radical (unpaired) electrons. The summed E-state index contributed by atoms with van der Waals surface area (Å²) >= 11 is 0. The maximum absolute atomic E-state index is 11.2. The van der Waals surface area contributed by atoms with Gasteiger partial charge in [-0.05, 0) is 24.3 Å². The Balaban J connectivity index is 0.000000280. The molecular formula is C20H24O8. The zero-order valence-electron chi connectivity index (χ0n) is 16.7. The lowest BCUT2D eigenvalue weighted by atomic mass is 10.2. The Morgan fingerprint density at radius 2 is 0.750 bits per heavy atom. The molecule has 0 saturated carbocycles. The van der Waals surface area contributed by atoms with Crippen LogP contribution < -0.4 is 18.9 Å². The zero-order chi connectivity index (χ0) is 21.1. The molecule has 8 nitrogen and oxygen atoms in total. The first-order valence-corrected chi connectivity index (χ1v) is 8.05. The Labute approximate surface area is 163 Å². The number of ether oxygens (including phenoxy) is 6. The third kappa shape index (κ3) is 6.39. The van der Waals surface area contributed by atoms with Crippen LogP contribution in [0.5, 0.6) is 23.0 Å². The van der Waals surface area contributed by atoms with Crippen LogP contribution in [0.4, 0.5) is 0 Å². The van der Waals surface area contributed by atoms with Gasteiger partial charge in [0.2, 0.25) is 0 Å². The Hall–Kier alpha value is -3.42. The molecule has 0 fully saturated rings. The third-order valence-electron chi connectivity index (χ3n) is 3.55. The number of esters is 2. The van der Waals surface area contributed by atoms with E-state index in [9.17, 15) is 9.59 Å². The fourth-order valence-corrected chi connectivity index (χ4v) is 2.09. The maximum atomic E-state index is 11.2. The maximum Gasteiger partial charge on any atom is 0.338 e. The van der Waals surface area contributed by atoms with Gasteiger partial charge in [0.25, 0.3) is 0 Å². The third-order valence-corrected chi connectivity index (χ3v) is 3.55. The van der Waals surface area contributed by atoms with E-state index in [1.165, 1.54) is 42.7 Å². The average Bonchev–Trinajstić information content (AvgIpc) is 2.77. The standard InChI is InChI=1S/2C10H12O4/c2*1-12-8-4-7(10(11)14-3)5-9(6-8)13-2/h2*4-6H,1-3H3. The Kier molecular flexibility index (Phi) is 9.15. The lowest BCUT2D eigenvalue weighted by Crippen LogP contribution is -2.02. The van der Waals surface area contributed by atoms with Crippen molar-refractivity contribution >= 4 is 11.9 Å². The van der Waals surface area contributed by atoms with Crippen LogP contribution in [0.2, 0.25) is 0 Å². The molecule has 0 amide bonds. The second-order valence-corrected chi connectivity index (χ2v) is 5.19. The smallest absolute Gasteiger partial charge is 0.338 e. The highest BCUT2D eigenvalue weighted by molar-refractivity contribution is 5.90. The number of benzene rings is 2. The van der Waals surface area contributed by atoms with E-state index in [4.69, 9.17) is 18.9 Å². The topological polar surface area (TPSA) is 89.5 Å². The predicted octanol–water partition coefficient (Wildman–Crippen LogP) is 2.98. The minimum atomic E-state index is -0.415. The fraction of sp³-hybridized carbons (Fsp3) is 0.300. The molecule has 0 heterocycles. The van der Waals surface area contributed by atoms with Crippen LogP contribution in [-0.4, -0.2) is 54.6 Å². The highest BCUT2D eigenvalue weighted by Gasteiger charge is 2.10. The molecule has 0 N–H and O–H groups in total. The van der Waals surface area contributed by atoms with E-state index in [1.54, 1.807) is 36.4 Å². The summed E-state index contributed by atoms with van der Waals surface area (Å²) in [6.45, 7) is 0. The molecule has 0 atom stereocenters. The van der Waals surface area contributed by atoms with Crippen LogP contribution in [0.1, 0.15) is 20.7 Å². The van der Waals surface area contributed by atoms with E-state index in [1.807, 2.05) is 0 Å². The monoisotopic (exact) mass is 392 g/mol. The van der Waals surface area contributed by atoms with Gasteiger partial charge in [0, 0.05) is 12.1 Å². The quantitative estimate of drug-likeness (QED) is 0.693. The van der Waals surface area contributed by atoms with Crippen LogP contribution in [-0.2, 0) is 9.47 Å². The highest BCUT2D eigenvalue weighted by atomic mass is 16.5. The van der Waals surface area contributed by atoms with Gasteiger partial charge in [-0.3, -0.25) is 0 Å². The van der Waals surface area contributed by atoms with Gasteiger partial charge in [0.05, 0.1) is 53.8 Å². The Morgan fingerprint density at radius 3 is 0.929 bits per heavy atom. The molecular weight excluding hydrogens is 368 g/mol. The normalized spacial score (nSPS) is 9.36. The molecule has 2 aromatic carbocycles. The van der Waals surface area contributed by atoms with Crippen LogP contribution >= 0.6 is 0 Å². The molecule has 2 rings (SSSR count). The molecule has 8 heteroatoms. The van der Waals surface area contributed by atoms with E-state index in [0.29, 0.717) is 34.1 Å². The minimum Gasteiger partial charge on any atom is -0.497 e. The van der Waals surface area contributed by atoms with Crippen molar-refractivity contribution in [1.82, 2.24) is 0 Å². The van der Waals surface area contributed by atoms with Crippen molar-refractivity contribution in [2.75, 3.05) is 42.7 Å². The van der Waals surface area contributed by atoms with Crippen molar-refractivity contribution in [3.63, 3.8) is 0 Å². The van der Waals surface area contributed by atoms with E-state index < -0.39 is 11.9 Å². The predicted molar refractivity (Wildman–Crippen MR) is 102 cm³/mol. The molecule has 2 aromatic rings. The second kappa shape index (κ2) is 11.3. The van der Waals surface area contributed by atoms with Gasteiger partial charge < -0.3 is 28.4 Å². The summed E-state index contributed by atoms with van der Waals surface area (Å²) in [7, 11) is 8.75. The van der Waals surface area contributed by atoms with Crippen LogP contribution in [0.3, 0.4) is 0 Å². The molecule has 28 heavy (non-hydrogen) atoms. The van der Waals surface area contributed by atoms with Crippen LogP contribution in [0.15, 0.2) is 36.4 Å². The van der Waals surface area contributed by atoms with E-state index >= 15 is 0 Å². The first-order valence-electron chi connectivity index (χ1n) is 8.05. The number of carbonyl (C=O) groups excluding carboxylic acids is 2. The Bertz CT molecular complexity index is 689. The number of hydrogen-bond acceptors (Lipinski definition) is 8. The number of rotatable bonds is 6. The SMILES string of the molecule is COC(=O)c1cc(OC)cc(OC)c1.COC(=O)c1cc(OC)cc(OC)c1. The first-order chi connectivity index (χ1) is 13.4. The van der Waals surface area contributed by atoms with Gasteiger partial charge in [-0.2, -0.15) is 0 Å². The minimum absolute atomic E-state index is 0.406. The van der Waals surface area contributed by atoms with Crippen molar-refractivity contribution in [2.45, 2.75) is 0 Å². The molecule has 0 aromatic heterocycles. The average molecular weight is 392 g/mol. The summed E-state index contributed by atoms with van der Waals surface area (Å²) in [5.74, 6) is 1.41. The summed E-state index contributed by atoms with van der Waals surface area (Å²) in [6.07, 6.45) is 0. The van der Waals surface area contributed by atoms with Gasteiger partial charge in [-0.15, -0.1) is 0 Å².